The summed E-state index contributed by atoms with van der Waals surface area (Å²) in [4.78, 5) is 17.5. The maximum Gasteiger partial charge on any atom is 0.329 e. The maximum absolute atomic E-state index is 10.8. The van der Waals surface area contributed by atoms with Gasteiger partial charge >= 0.3 is 5.97 Å². The quantitative estimate of drug-likeness (QED) is 0.614. The summed E-state index contributed by atoms with van der Waals surface area (Å²) in [7, 11) is 0. The minimum absolute atomic E-state index is 0.124. The first-order valence-corrected chi connectivity index (χ1v) is 10.1. The van der Waals surface area contributed by atoms with Gasteiger partial charge in [-0.1, -0.05) is 36.4 Å². The van der Waals surface area contributed by atoms with Crippen molar-refractivity contribution >= 4 is 11.8 Å². The van der Waals surface area contributed by atoms with Crippen LogP contribution in [-0.2, 0) is 22.7 Å². The fraction of sp³-hybridized carbons (Fsp3) is 0.364. The van der Waals surface area contributed by atoms with Crippen LogP contribution in [0, 0.1) is 0 Å². The van der Waals surface area contributed by atoms with Crippen LogP contribution in [0.1, 0.15) is 36.0 Å². The van der Waals surface area contributed by atoms with Crippen molar-refractivity contribution in [3.63, 3.8) is 0 Å². The number of piperidine rings is 1. The lowest BCUT2D eigenvalue weighted by Gasteiger charge is -2.32. The Morgan fingerprint density at radius 3 is 2.53 bits per heavy atom. The monoisotopic (exact) mass is 407 g/mol. The Balaban J connectivity index is 1.50. The van der Waals surface area contributed by atoms with Crippen molar-refractivity contribution in [1.82, 2.24) is 19.7 Å². The smallest absolute Gasteiger partial charge is 0.329 e. The van der Waals surface area contributed by atoms with E-state index in [0.717, 1.165) is 43.1 Å². The van der Waals surface area contributed by atoms with Gasteiger partial charge in [0.15, 0.2) is 5.82 Å². The molecule has 0 unspecified atom stereocenters. The summed E-state index contributed by atoms with van der Waals surface area (Å²) >= 11 is 0. The number of anilines is 1. The van der Waals surface area contributed by atoms with Crippen molar-refractivity contribution in [2.24, 2.45) is 0 Å². The van der Waals surface area contributed by atoms with Crippen molar-refractivity contribution in [2.45, 2.75) is 31.9 Å². The number of hydrogen-bond acceptors (Lipinski definition) is 6. The van der Waals surface area contributed by atoms with E-state index in [0.29, 0.717) is 12.4 Å². The van der Waals surface area contributed by atoms with Crippen LogP contribution in [0.4, 0.5) is 5.82 Å². The zero-order chi connectivity index (χ0) is 20.8. The number of pyridine rings is 1. The fourth-order valence-electron chi connectivity index (χ4n) is 3.83. The third-order valence-electron chi connectivity index (χ3n) is 5.33. The van der Waals surface area contributed by atoms with Crippen LogP contribution in [0.2, 0.25) is 0 Å². The van der Waals surface area contributed by atoms with Gasteiger partial charge < -0.3 is 19.3 Å². The molecule has 8 nitrogen and oxygen atoms in total. The topological polar surface area (TPSA) is 93.4 Å². The van der Waals surface area contributed by atoms with E-state index in [-0.39, 0.29) is 19.1 Å². The summed E-state index contributed by atoms with van der Waals surface area (Å²) in [6, 6.07) is 16.1. The number of hydrogen-bond donors (Lipinski definition) is 1. The Morgan fingerprint density at radius 1 is 1.07 bits per heavy atom. The van der Waals surface area contributed by atoms with Crippen molar-refractivity contribution in [3.05, 3.63) is 71.9 Å². The molecule has 30 heavy (non-hydrogen) atoms. The second kappa shape index (κ2) is 9.49. The summed E-state index contributed by atoms with van der Waals surface area (Å²) in [6.07, 6.45) is 3.74. The molecule has 0 amide bonds. The molecule has 0 radical (unpaired) electrons. The number of ether oxygens (including phenoxy) is 1. The summed E-state index contributed by atoms with van der Waals surface area (Å²) in [5, 5.41) is 17.7. The Morgan fingerprint density at radius 2 is 1.83 bits per heavy atom. The molecule has 1 aliphatic rings. The zero-order valence-electron chi connectivity index (χ0n) is 16.7. The van der Waals surface area contributed by atoms with Gasteiger partial charge in [-0.3, -0.25) is 0 Å². The summed E-state index contributed by atoms with van der Waals surface area (Å²) in [5.74, 6) is 1.89. The Hall–Kier alpha value is -3.26. The standard InChI is InChI=1S/C22H25N5O3/c28-21(29)16-30-15-20-24-25-22(27(20)14-17-6-2-1-3-7-17)18-9-12-26(13-10-18)19-8-4-5-11-23-19/h1-8,11,18H,9-10,12-16H2,(H,28,29). The highest BCUT2D eigenvalue weighted by atomic mass is 16.5. The lowest BCUT2D eigenvalue weighted by molar-refractivity contribution is -0.142. The molecular formula is C22H25N5O3. The van der Waals surface area contributed by atoms with Crippen molar-refractivity contribution in [3.8, 4) is 0 Å². The molecule has 1 N–H and O–H groups in total. The van der Waals surface area contributed by atoms with Gasteiger partial charge in [0.05, 0.1) is 6.54 Å². The van der Waals surface area contributed by atoms with E-state index in [2.05, 4.69) is 36.8 Å². The molecule has 2 aromatic heterocycles. The van der Waals surface area contributed by atoms with Gasteiger partial charge in [-0.2, -0.15) is 0 Å². The van der Waals surface area contributed by atoms with Crippen LogP contribution in [0.3, 0.4) is 0 Å². The predicted octanol–water partition coefficient (Wildman–Crippen LogP) is 2.71. The first-order chi connectivity index (χ1) is 14.7. The second-order valence-electron chi connectivity index (χ2n) is 7.38. The molecular weight excluding hydrogens is 382 g/mol. The minimum Gasteiger partial charge on any atom is -0.480 e. The van der Waals surface area contributed by atoms with Gasteiger partial charge in [0, 0.05) is 25.2 Å². The molecule has 1 saturated heterocycles. The zero-order valence-corrected chi connectivity index (χ0v) is 16.7. The molecule has 8 heteroatoms. The molecule has 1 aromatic carbocycles. The van der Waals surface area contributed by atoms with Gasteiger partial charge in [0.25, 0.3) is 0 Å². The molecule has 1 aliphatic heterocycles. The molecule has 3 aromatic rings. The number of carbonyl (C=O) groups is 1. The van der Waals surface area contributed by atoms with Crippen LogP contribution < -0.4 is 4.90 Å². The van der Waals surface area contributed by atoms with E-state index in [1.54, 1.807) is 0 Å². The number of rotatable bonds is 8. The summed E-state index contributed by atoms with van der Waals surface area (Å²) < 4.78 is 7.38. The molecule has 0 bridgehead atoms. The highest BCUT2D eigenvalue weighted by Crippen LogP contribution is 2.29. The lowest BCUT2D eigenvalue weighted by atomic mass is 9.95. The third-order valence-corrected chi connectivity index (χ3v) is 5.33. The number of carboxylic acid groups (broad SMARTS) is 1. The molecule has 3 heterocycles. The van der Waals surface area contributed by atoms with Crippen LogP contribution in [0.25, 0.3) is 0 Å². The largest absolute Gasteiger partial charge is 0.480 e. The first kappa shape index (κ1) is 20.0. The normalized spacial score (nSPS) is 14.7. The number of carboxylic acids is 1. The SMILES string of the molecule is O=C(O)COCc1nnc(C2CCN(c3ccccn3)CC2)n1Cc1ccccc1. The van der Waals surface area contributed by atoms with Gasteiger partial charge in [-0.25, -0.2) is 9.78 Å². The molecule has 0 aliphatic carbocycles. The lowest BCUT2D eigenvalue weighted by Crippen LogP contribution is -2.34. The summed E-state index contributed by atoms with van der Waals surface area (Å²) in [6.45, 7) is 2.22. The number of benzene rings is 1. The van der Waals surface area contributed by atoms with Crippen LogP contribution in [0.15, 0.2) is 54.7 Å². The van der Waals surface area contributed by atoms with E-state index in [1.807, 2.05) is 42.6 Å². The third kappa shape index (κ3) is 4.83. The molecule has 0 saturated carbocycles. The highest BCUT2D eigenvalue weighted by Gasteiger charge is 2.27. The highest BCUT2D eigenvalue weighted by molar-refractivity contribution is 5.67. The number of aliphatic carboxylic acids is 1. The minimum atomic E-state index is -0.994. The fourth-order valence-corrected chi connectivity index (χ4v) is 3.83. The Bertz CT molecular complexity index is 953. The van der Waals surface area contributed by atoms with Crippen molar-refractivity contribution in [1.29, 1.82) is 0 Å². The molecule has 1 fully saturated rings. The average Bonchev–Trinajstić information content (AvgIpc) is 3.17. The van der Waals surface area contributed by atoms with Gasteiger partial charge in [0.2, 0.25) is 0 Å². The van der Waals surface area contributed by atoms with Gasteiger partial charge in [-0.05, 0) is 30.5 Å². The van der Waals surface area contributed by atoms with Gasteiger partial charge in [0.1, 0.15) is 24.9 Å². The van der Waals surface area contributed by atoms with Crippen molar-refractivity contribution in [2.75, 3.05) is 24.6 Å². The predicted molar refractivity (Wildman–Crippen MR) is 111 cm³/mol. The van der Waals surface area contributed by atoms with E-state index in [9.17, 15) is 4.79 Å². The van der Waals surface area contributed by atoms with E-state index in [1.165, 1.54) is 0 Å². The molecule has 156 valence electrons. The maximum atomic E-state index is 10.8. The van der Waals surface area contributed by atoms with E-state index >= 15 is 0 Å². The Kier molecular flexibility index (Phi) is 6.34. The Labute approximate surface area is 175 Å². The number of aromatic nitrogens is 4. The van der Waals surface area contributed by atoms with Crippen LogP contribution in [0.5, 0.6) is 0 Å². The summed E-state index contributed by atoms with van der Waals surface area (Å²) in [5.41, 5.74) is 1.14. The second-order valence-corrected chi connectivity index (χ2v) is 7.38. The molecule has 0 atom stereocenters. The molecule has 4 rings (SSSR count). The van der Waals surface area contributed by atoms with Crippen molar-refractivity contribution < 1.29 is 14.6 Å². The van der Waals surface area contributed by atoms with Crippen LogP contribution >= 0.6 is 0 Å². The molecule has 0 spiro atoms. The van der Waals surface area contributed by atoms with E-state index in [4.69, 9.17) is 9.84 Å². The average molecular weight is 407 g/mol. The van der Waals surface area contributed by atoms with Crippen LogP contribution in [-0.4, -0.2) is 50.5 Å². The van der Waals surface area contributed by atoms with Gasteiger partial charge in [-0.15, -0.1) is 10.2 Å². The van der Waals surface area contributed by atoms with E-state index < -0.39 is 5.97 Å². The number of nitrogens with zero attached hydrogens (tertiary/aromatic N) is 5. The first-order valence-electron chi connectivity index (χ1n) is 10.1.